The van der Waals surface area contributed by atoms with E-state index in [-0.39, 0.29) is 0 Å². The van der Waals surface area contributed by atoms with Crippen LogP contribution in [0.3, 0.4) is 0 Å². The van der Waals surface area contributed by atoms with Crippen molar-refractivity contribution in [3.8, 4) is 0 Å². The van der Waals surface area contributed by atoms with Gasteiger partial charge < -0.3 is 10.6 Å². The lowest BCUT2D eigenvalue weighted by Crippen LogP contribution is -2.32. The summed E-state index contributed by atoms with van der Waals surface area (Å²) in [7, 11) is 0. The van der Waals surface area contributed by atoms with Crippen molar-refractivity contribution in [3.63, 3.8) is 0 Å². The zero-order valence-corrected chi connectivity index (χ0v) is 11.1. The second kappa shape index (κ2) is 6.58. The van der Waals surface area contributed by atoms with E-state index < -0.39 is 0 Å². The van der Waals surface area contributed by atoms with E-state index in [0.717, 1.165) is 19.6 Å². The van der Waals surface area contributed by atoms with Gasteiger partial charge in [-0.3, -0.25) is 0 Å². The van der Waals surface area contributed by atoms with Crippen LogP contribution in [0, 0.1) is 11.3 Å². The van der Waals surface area contributed by atoms with E-state index in [0.29, 0.717) is 17.4 Å². The van der Waals surface area contributed by atoms with Gasteiger partial charge in [0.2, 0.25) is 0 Å². The molecule has 1 aliphatic carbocycles. The average molecular weight is 228 g/mol. The fourth-order valence-electron chi connectivity index (χ4n) is 2.75. The first-order valence-corrected chi connectivity index (χ1v) is 6.65. The molecule has 0 radical (unpaired) electrons. The SMILES string of the molecule is CCCONC1CCC(CN)CC(C)(C)C1. The summed E-state index contributed by atoms with van der Waals surface area (Å²) in [6.07, 6.45) is 5.92. The van der Waals surface area contributed by atoms with Crippen molar-refractivity contribution in [3.05, 3.63) is 0 Å². The highest BCUT2D eigenvalue weighted by Crippen LogP contribution is 2.36. The van der Waals surface area contributed by atoms with Gasteiger partial charge in [0.05, 0.1) is 6.61 Å². The first-order chi connectivity index (χ1) is 7.57. The number of nitrogens with one attached hydrogen (secondary N) is 1. The van der Waals surface area contributed by atoms with Gasteiger partial charge in [-0.15, -0.1) is 0 Å². The first kappa shape index (κ1) is 13.9. The molecule has 0 bridgehead atoms. The van der Waals surface area contributed by atoms with Crippen LogP contribution in [0.25, 0.3) is 0 Å². The molecular formula is C13H28N2O. The number of hydrogen-bond donors (Lipinski definition) is 2. The minimum absolute atomic E-state index is 0.383. The van der Waals surface area contributed by atoms with Gasteiger partial charge in [0.25, 0.3) is 0 Å². The smallest absolute Gasteiger partial charge is 0.0679 e. The first-order valence-electron chi connectivity index (χ1n) is 6.65. The van der Waals surface area contributed by atoms with E-state index in [4.69, 9.17) is 10.6 Å². The molecule has 16 heavy (non-hydrogen) atoms. The Morgan fingerprint density at radius 3 is 2.69 bits per heavy atom. The van der Waals surface area contributed by atoms with E-state index >= 15 is 0 Å². The topological polar surface area (TPSA) is 47.3 Å². The summed E-state index contributed by atoms with van der Waals surface area (Å²) in [6.45, 7) is 8.44. The molecule has 1 rings (SSSR count). The molecule has 0 spiro atoms. The molecule has 96 valence electrons. The minimum Gasteiger partial charge on any atom is -0.330 e. The normalized spacial score (nSPS) is 30.0. The minimum atomic E-state index is 0.383. The van der Waals surface area contributed by atoms with Gasteiger partial charge in [-0.25, -0.2) is 0 Å². The maximum absolute atomic E-state index is 5.81. The Hall–Kier alpha value is -0.120. The number of rotatable bonds is 5. The number of hydrogen-bond acceptors (Lipinski definition) is 3. The van der Waals surface area contributed by atoms with E-state index in [1.165, 1.54) is 25.7 Å². The van der Waals surface area contributed by atoms with Gasteiger partial charge in [-0.05, 0) is 50.0 Å². The Bertz CT molecular complexity index is 194. The Morgan fingerprint density at radius 2 is 2.06 bits per heavy atom. The molecule has 2 atom stereocenters. The van der Waals surface area contributed by atoms with Crippen LogP contribution in [0.1, 0.15) is 52.9 Å². The summed E-state index contributed by atoms with van der Waals surface area (Å²) in [4.78, 5) is 5.46. The predicted octanol–water partition coefficient (Wildman–Crippen LogP) is 2.46. The average Bonchev–Trinajstić information content (AvgIpc) is 2.37. The lowest BCUT2D eigenvalue weighted by atomic mass is 9.80. The molecule has 0 saturated heterocycles. The molecule has 1 saturated carbocycles. The zero-order chi connectivity index (χ0) is 12.0. The van der Waals surface area contributed by atoms with E-state index in [2.05, 4.69) is 26.3 Å². The van der Waals surface area contributed by atoms with Crippen LogP contribution in [0.4, 0.5) is 0 Å². The highest BCUT2D eigenvalue weighted by Gasteiger charge is 2.30. The van der Waals surface area contributed by atoms with Crippen molar-refractivity contribution in [1.29, 1.82) is 0 Å². The summed E-state index contributed by atoms with van der Waals surface area (Å²) in [6, 6.07) is 0.498. The molecule has 0 aromatic carbocycles. The third-order valence-corrected chi connectivity index (χ3v) is 3.45. The second-order valence-corrected chi connectivity index (χ2v) is 5.91. The molecule has 2 unspecified atom stereocenters. The summed E-state index contributed by atoms with van der Waals surface area (Å²) >= 11 is 0. The molecule has 3 nitrogen and oxygen atoms in total. The molecule has 0 amide bonds. The Balaban J connectivity index is 2.42. The van der Waals surface area contributed by atoms with Gasteiger partial charge in [0.15, 0.2) is 0 Å². The zero-order valence-electron chi connectivity index (χ0n) is 11.1. The third-order valence-electron chi connectivity index (χ3n) is 3.45. The Morgan fingerprint density at radius 1 is 1.31 bits per heavy atom. The van der Waals surface area contributed by atoms with Crippen molar-refractivity contribution in [2.75, 3.05) is 13.2 Å². The van der Waals surface area contributed by atoms with Crippen LogP contribution < -0.4 is 11.2 Å². The van der Waals surface area contributed by atoms with Crippen molar-refractivity contribution in [2.24, 2.45) is 17.1 Å². The number of nitrogens with two attached hydrogens (primary N) is 1. The molecule has 1 fully saturated rings. The standard InChI is InChI=1S/C13H28N2O/c1-4-7-16-15-12-6-5-11(10-14)8-13(2,3)9-12/h11-12,15H,4-10,14H2,1-3H3. The van der Waals surface area contributed by atoms with Gasteiger partial charge >= 0.3 is 0 Å². The highest BCUT2D eigenvalue weighted by atomic mass is 16.6. The molecule has 0 aromatic heterocycles. The number of hydroxylamine groups is 1. The van der Waals surface area contributed by atoms with Crippen LogP contribution in [0.15, 0.2) is 0 Å². The summed E-state index contributed by atoms with van der Waals surface area (Å²) in [5.74, 6) is 0.688. The third kappa shape index (κ3) is 4.81. The molecule has 1 aliphatic rings. The maximum Gasteiger partial charge on any atom is 0.0679 e. The molecule has 0 aromatic rings. The Labute approximate surface area is 100 Å². The highest BCUT2D eigenvalue weighted by molar-refractivity contribution is 4.84. The largest absolute Gasteiger partial charge is 0.330 e. The van der Waals surface area contributed by atoms with Gasteiger partial charge in [-0.2, -0.15) is 5.48 Å². The molecule has 0 heterocycles. The van der Waals surface area contributed by atoms with Crippen molar-refractivity contribution < 1.29 is 4.84 Å². The van der Waals surface area contributed by atoms with Crippen molar-refractivity contribution in [2.45, 2.75) is 58.9 Å². The summed E-state index contributed by atoms with van der Waals surface area (Å²) < 4.78 is 0. The van der Waals surface area contributed by atoms with Crippen molar-refractivity contribution >= 4 is 0 Å². The van der Waals surface area contributed by atoms with Gasteiger partial charge in [0, 0.05) is 6.04 Å². The van der Waals surface area contributed by atoms with Gasteiger partial charge in [0.1, 0.15) is 0 Å². The van der Waals surface area contributed by atoms with E-state index in [1.54, 1.807) is 0 Å². The lowest BCUT2D eigenvalue weighted by Gasteiger charge is -2.28. The van der Waals surface area contributed by atoms with Crippen LogP contribution >= 0.6 is 0 Å². The summed E-state index contributed by atoms with van der Waals surface area (Å²) in [5.41, 5.74) is 9.41. The summed E-state index contributed by atoms with van der Waals surface area (Å²) in [5, 5.41) is 0. The fourth-order valence-corrected chi connectivity index (χ4v) is 2.75. The molecule has 3 N–H and O–H groups in total. The molecule has 3 heteroatoms. The molecule has 0 aliphatic heterocycles. The van der Waals surface area contributed by atoms with Gasteiger partial charge in [-0.1, -0.05) is 20.8 Å². The van der Waals surface area contributed by atoms with E-state index in [1.807, 2.05) is 0 Å². The van der Waals surface area contributed by atoms with Crippen LogP contribution in [-0.4, -0.2) is 19.2 Å². The maximum atomic E-state index is 5.81. The fraction of sp³-hybridized carbons (Fsp3) is 1.00. The monoisotopic (exact) mass is 228 g/mol. The second-order valence-electron chi connectivity index (χ2n) is 5.91. The quantitative estimate of drug-likeness (QED) is 0.432. The van der Waals surface area contributed by atoms with E-state index in [9.17, 15) is 0 Å². The van der Waals surface area contributed by atoms with Crippen LogP contribution in [0.2, 0.25) is 0 Å². The molecular weight excluding hydrogens is 200 g/mol. The lowest BCUT2D eigenvalue weighted by molar-refractivity contribution is 0.00587. The van der Waals surface area contributed by atoms with Crippen LogP contribution in [-0.2, 0) is 4.84 Å². The van der Waals surface area contributed by atoms with Crippen LogP contribution in [0.5, 0.6) is 0 Å². The Kier molecular flexibility index (Phi) is 5.73. The predicted molar refractivity (Wildman–Crippen MR) is 68.0 cm³/mol. The van der Waals surface area contributed by atoms with Crippen molar-refractivity contribution in [1.82, 2.24) is 5.48 Å².